The van der Waals surface area contributed by atoms with Crippen molar-refractivity contribution in [3.63, 3.8) is 0 Å². The van der Waals surface area contributed by atoms with E-state index >= 15 is 0 Å². The molecular weight excluding hydrogens is 182 g/mol. The summed E-state index contributed by atoms with van der Waals surface area (Å²) in [6.45, 7) is 0. The van der Waals surface area contributed by atoms with E-state index in [4.69, 9.17) is 0 Å². The van der Waals surface area contributed by atoms with Gasteiger partial charge in [-0.25, -0.2) is 0 Å². The van der Waals surface area contributed by atoms with Crippen LogP contribution in [0.1, 0.15) is 24.0 Å². The number of hydrogen-bond donors (Lipinski definition) is 1. The fourth-order valence-corrected chi connectivity index (χ4v) is 2.53. The molecule has 1 heteroatoms. The molecule has 0 atom stereocenters. The van der Waals surface area contributed by atoms with Gasteiger partial charge in [-0.05, 0) is 48.9 Å². The molecule has 1 heterocycles. The third kappa shape index (κ3) is 1.48. The molecule has 0 saturated heterocycles. The molecule has 0 radical (unpaired) electrons. The van der Waals surface area contributed by atoms with Crippen molar-refractivity contribution in [3.8, 4) is 11.3 Å². The highest BCUT2D eigenvalue weighted by molar-refractivity contribution is 5.66. The van der Waals surface area contributed by atoms with Crippen LogP contribution in [0.25, 0.3) is 11.3 Å². The summed E-state index contributed by atoms with van der Waals surface area (Å²) in [5.74, 6) is 0. The Morgan fingerprint density at radius 3 is 2.73 bits per heavy atom. The summed E-state index contributed by atoms with van der Waals surface area (Å²) in [6.07, 6.45) is 7.18. The minimum atomic E-state index is 1.24. The van der Waals surface area contributed by atoms with Crippen molar-refractivity contribution in [1.82, 2.24) is 4.98 Å². The van der Waals surface area contributed by atoms with Crippen LogP contribution in [-0.4, -0.2) is 4.98 Å². The SMILES string of the molecule is c1c[nH]c(-c2cccc3c2CCCC3)c1. The van der Waals surface area contributed by atoms with Gasteiger partial charge in [0.15, 0.2) is 0 Å². The van der Waals surface area contributed by atoms with Crippen LogP contribution in [0, 0.1) is 0 Å². The number of nitrogens with one attached hydrogen (secondary N) is 1. The minimum Gasteiger partial charge on any atom is -0.361 e. The number of rotatable bonds is 1. The summed E-state index contributed by atoms with van der Waals surface area (Å²) in [5, 5.41) is 0. The molecule has 0 amide bonds. The van der Waals surface area contributed by atoms with E-state index in [2.05, 4.69) is 35.3 Å². The molecule has 3 rings (SSSR count). The molecule has 1 aliphatic carbocycles. The number of hydrogen-bond acceptors (Lipinski definition) is 0. The number of aromatic amines is 1. The third-order valence-electron chi connectivity index (χ3n) is 3.28. The van der Waals surface area contributed by atoms with Crippen molar-refractivity contribution >= 4 is 0 Å². The standard InChI is InChI=1S/C14H15N/c1-2-7-12-11(5-1)6-3-8-13(12)14-9-4-10-15-14/h3-4,6,8-10,15H,1-2,5,7H2. The number of H-pyrrole nitrogens is 1. The molecule has 15 heavy (non-hydrogen) atoms. The van der Waals surface area contributed by atoms with Crippen LogP contribution in [-0.2, 0) is 12.8 Å². The van der Waals surface area contributed by atoms with Gasteiger partial charge in [0.25, 0.3) is 0 Å². The Morgan fingerprint density at radius 2 is 1.87 bits per heavy atom. The van der Waals surface area contributed by atoms with Crippen molar-refractivity contribution in [2.24, 2.45) is 0 Å². The van der Waals surface area contributed by atoms with Crippen molar-refractivity contribution < 1.29 is 0 Å². The highest BCUT2D eigenvalue weighted by Gasteiger charge is 2.13. The van der Waals surface area contributed by atoms with Gasteiger partial charge in [0, 0.05) is 17.5 Å². The average molecular weight is 197 g/mol. The van der Waals surface area contributed by atoms with Gasteiger partial charge in [0.05, 0.1) is 0 Å². The molecule has 0 saturated carbocycles. The lowest BCUT2D eigenvalue weighted by molar-refractivity contribution is 0.686. The van der Waals surface area contributed by atoms with Crippen molar-refractivity contribution in [2.75, 3.05) is 0 Å². The predicted octanol–water partition coefficient (Wildman–Crippen LogP) is 3.56. The maximum Gasteiger partial charge on any atom is 0.0456 e. The Labute approximate surface area is 90.2 Å². The van der Waals surface area contributed by atoms with E-state index in [9.17, 15) is 0 Å². The van der Waals surface area contributed by atoms with Crippen LogP contribution >= 0.6 is 0 Å². The van der Waals surface area contributed by atoms with Gasteiger partial charge in [0.2, 0.25) is 0 Å². The van der Waals surface area contributed by atoms with Gasteiger partial charge in [-0.1, -0.05) is 18.2 Å². The van der Waals surface area contributed by atoms with E-state index < -0.39 is 0 Å². The highest BCUT2D eigenvalue weighted by Crippen LogP contribution is 2.30. The zero-order valence-corrected chi connectivity index (χ0v) is 8.79. The first kappa shape index (κ1) is 8.78. The topological polar surface area (TPSA) is 15.8 Å². The minimum absolute atomic E-state index is 1.24. The lowest BCUT2D eigenvalue weighted by Crippen LogP contribution is -2.04. The zero-order valence-electron chi connectivity index (χ0n) is 8.79. The Bertz CT molecular complexity index is 454. The van der Waals surface area contributed by atoms with Crippen LogP contribution in [0.2, 0.25) is 0 Å². The summed E-state index contributed by atoms with van der Waals surface area (Å²) in [5.41, 5.74) is 5.77. The third-order valence-corrected chi connectivity index (χ3v) is 3.28. The molecule has 0 spiro atoms. The van der Waals surface area contributed by atoms with Gasteiger partial charge < -0.3 is 4.98 Å². The first-order chi connectivity index (χ1) is 7.45. The summed E-state index contributed by atoms with van der Waals surface area (Å²) in [4.78, 5) is 3.30. The fraction of sp³-hybridized carbons (Fsp3) is 0.286. The molecule has 1 aliphatic rings. The largest absolute Gasteiger partial charge is 0.361 e. The molecule has 0 aliphatic heterocycles. The molecule has 0 unspecified atom stereocenters. The monoisotopic (exact) mass is 197 g/mol. The molecule has 1 nitrogen and oxygen atoms in total. The van der Waals surface area contributed by atoms with Gasteiger partial charge in [-0.3, -0.25) is 0 Å². The summed E-state index contributed by atoms with van der Waals surface area (Å²) >= 11 is 0. The second kappa shape index (κ2) is 3.58. The number of benzene rings is 1. The summed E-state index contributed by atoms with van der Waals surface area (Å²) in [6, 6.07) is 10.9. The first-order valence-electron chi connectivity index (χ1n) is 5.70. The Morgan fingerprint density at radius 1 is 0.933 bits per heavy atom. The Hall–Kier alpha value is -1.50. The number of aryl methyl sites for hydroxylation is 1. The lowest BCUT2D eigenvalue weighted by atomic mass is 9.87. The molecule has 1 aromatic heterocycles. The average Bonchev–Trinajstić information content (AvgIpc) is 2.82. The van der Waals surface area contributed by atoms with Crippen LogP contribution in [0.5, 0.6) is 0 Å². The molecule has 0 bridgehead atoms. The van der Waals surface area contributed by atoms with E-state index in [0.29, 0.717) is 0 Å². The molecular formula is C14H15N. The highest BCUT2D eigenvalue weighted by atomic mass is 14.7. The van der Waals surface area contributed by atoms with Gasteiger partial charge in [-0.2, -0.15) is 0 Å². The number of fused-ring (bicyclic) bond motifs is 1. The predicted molar refractivity (Wildman–Crippen MR) is 62.9 cm³/mol. The van der Waals surface area contributed by atoms with Crippen LogP contribution in [0.4, 0.5) is 0 Å². The van der Waals surface area contributed by atoms with E-state index in [1.165, 1.54) is 36.9 Å². The Kier molecular flexibility index (Phi) is 2.09. The van der Waals surface area contributed by atoms with Gasteiger partial charge in [0.1, 0.15) is 0 Å². The van der Waals surface area contributed by atoms with Crippen LogP contribution < -0.4 is 0 Å². The molecule has 76 valence electrons. The van der Waals surface area contributed by atoms with Gasteiger partial charge in [-0.15, -0.1) is 0 Å². The second-order valence-electron chi connectivity index (χ2n) is 4.23. The number of aromatic nitrogens is 1. The molecule has 1 aromatic carbocycles. The van der Waals surface area contributed by atoms with Crippen molar-refractivity contribution in [3.05, 3.63) is 47.7 Å². The summed E-state index contributed by atoms with van der Waals surface area (Å²) < 4.78 is 0. The maximum absolute atomic E-state index is 3.30. The molecule has 2 aromatic rings. The van der Waals surface area contributed by atoms with Gasteiger partial charge >= 0.3 is 0 Å². The van der Waals surface area contributed by atoms with E-state index in [1.54, 1.807) is 11.1 Å². The lowest BCUT2D eigenvalue weighted by Gasteiger charge is -2.18. The smallest absolute Gasteiger partial charge is 0.0456 e. The maximum atomic E-state index is 3.30. The zero-order chi connectivity index (χ0) is 10.1. The van der Waals surface area contributed by atoms with E-state index in [1.807, 2.05) is 6.20 Å². The summed E-state index contributed by atoms with van der Waals surface area (Å²) in [7, 11) is 0. The van der Waals surface area contributed by atoms with E-state index in [0.717, 1.165) is 0 Å². The normalized spacial score (nSPS) is 14.9. The van der Waals surface area contributed by atoms with E-state index in [-0.39, 0.29) is 0 Å². The van der Waals surface area contributed by atoms with Crippen LogP contribution in [0.3, 0.4) is 0 Å². The van der Waals surface area contributed by atoms with Crippen LogP contribution in [0.15, 0.2) is 36.5 Å². The fourth-order valence-electron chi connectivity index (χ4n) is 2.53. The van der Waals surface area contributed by atoms with Crippen molar-refractivity contribution in [1.29, 1.82) is 0 Å². The molecule has 0 fully saturated rings. The second-order valence-corrected chi connectivity index (χ2v) is 4.23. The molecule has 1 N–H and O–H groups in total. The first-order valence-corrected chi connectivity index (χ1v) is 5.70. The quantitative estimate of drug-likeness (QED) is 0.719. The van der Waals surface area contributed by atoms with Crippen molar-refractivity contribution in [2.45, 2.75) is 25.7 Å². The Balaban J connectivity index is 2.15.